The predicted octanol–water partition coefficient (Wildman–Crippen LogP) is 4.56. The van der Waals surface area contributed by atoms with Crippen molar-refractivity contribution in [3.8, 4) is 0 Å². The first-order valence-corrected chi connectivity index (χ1v) is 7.79. The summed E-state index contributed by atoms with van der Waals surface area (Å²) in [5.41, 5.74) is 0.0746. The van der Waals surface area contributed by atoms with Crippen molar-refractivity contribution in [1.29, 1.82) is 0 Å². The van der Waals surface area contributed by atoms with Gasteiger partial charge in [0.2, 0.25) is 0 Å². The maximum atomic E-state index is 12.3. The van der Waals surface area contributed by atoms with Gasteiger partial charge in [-0.15, -0.1) is 0 Å². The third kappa shape index (κ3) is 9.84. The van der Waals surface area contributed by atoms with Crippen LogP contribution in [0.25, 0.3) is 0 Å². The summed E-state index contributed by atoms with van der Waals surface area (Å²) in [6.07, 6.45) is 3.42. The third-order valence-electron chi connectivity index (χ3n) is 1.63. The lowest BCUT2D eigenvalue weighted by molar-refractivity contribution is 0.0781. The molecular formula is C13H27O4P. The summed E-state index contributed by atoms with van der Waals surface area (Å²) in [6.45, 7) is 13.6. The summed E-state index contributed by atoms with van der Waals surface area (Å²) >= 11 is 0. The zero-order chi connectivity index (χ0) is 14.4. The first-order chi connectivity index (χ1) is 8.04. The van der Waals surface area contributed by atoms with Crippen LogP contribution in [-0.4, -0.2) is 18.8 Å². The van der Waals surface area contributed by atoms with E-state index in [1.54, 1.807) is 27.7 Å². The van der Waals surface area contributed by atoms with Crippen LogP contribution in [0.2, 0.25) is 0 Å². The Kier molecular flexibility index (Phi) is 7.38. The SMILES string of the molecule is CC(C)OP(=O)(OC/C=C/C(C)(C)C)OC(C)C. The third-order valence-corrected chi connectivity index (χ3v) is 3.45. The fourth-order valence-electron chi connectivity index (χ4n) is 1.14. The molecule has 0 rings (SSSR count). The Hall–Kier alpha value is -0.150. The van der Waals surface area contributed by atoms with Crippen molar-refractivity contribution in [3.05, 3.63) is 12.2 Å². The minimum atomic E-state index is -3.46. The van der Waals surface area contributed by atoms with Crippen LogP contribution in [0.15, 0.2) is 12.2 Å². The molecule has 0 radical (unpaired) electrons. The van der Waals surface area contributed by atoms with Gasteiger partial charge in [-0.1, -0.05) is 32.9 Å². The number of rotatable bonds is 7. The molecular weight excluding hydrogens is 251 g/mol. The molecule has 0 saturated carbocycles. The van der Waals surface area contributed by atoms with Gasteiger partial charge in [-0.05, 0) is 33.1 Å². The highest BCUT2D eigenvalue weighted by atomic mass is 31.2. The van der Waals surface area contributed by atoms with Crippen LogP contribution in [0, 0.1) is 5.41 Å². The van der Waals surface area contributed by atoms with E-state index < -0.39 is 7.82 Å². The van der Waals surface area contributed by atoms with Gasteiger partial charge in [0.15, 0.2) is 0 Å². The smallest absolute Gasteiger partial charge is 0.284 e. The average molecular weight is 278 g/mol. The van der Waals surface area contributed by atoms with Gasteiger partial charge in [0, 0.05) is 0 Å². The van der Waals surface area contributed by atoms with E-state index in [0.29, 0.717) is 0 Å². The standard InChI is InChI=1S/C13H27O4P/c1-11(2)16-18(14,17-12(3)4)15-10-8-9-13(5,6)7/h8-9,11-12H,10H2,1-7H3/b9-8+. The molecule has 0 aromatic heterocycles. The molecule has 0 aromatic rings. The molecule has 0 aromatic carbocycles. The molecule has 0 saturated heterocycles. The first-order valence-electron chi connectivity index (χ1n) is 6.33. The zero-order valence-corrected chi connectivity index (χ0v) is 13.5. The number of hydrogen-bond acceptors (Lipinski definition) is 4. The topological polar surface area (TPSA) is 44.8 Å². The Morgan fingerprint density at radius 3 is 1.83 bits per heavy atom. The van der Waals surface area contributed by atoms with E-state index in [1.165, 1.54) is 0 Å². The molecule has 0 fully saturated rings. The highest BCUT2D eigenvalue weighted by molar-refractivity contribution is 7.48. The Morgan fingerprint density at radius 2 is 1.50 bits per heavy atom. The normalized spacial score (nSPS) is 14.1. The van der Waals surface area contributed by atoms with E-state index in [0.717, 1.165) is 0 Å². The van der Waals surface area contributed by atoms with Gasteiger partial charge in [-0.2, -0.15) is 0 Å². The molecule has 0 unspecified atom stereocenters. The van der Waals surface area contributed by atoms with Crippen LogP contribution >= 0.6 is 7.82 Å². The lowest BCUT2D eigenvalue weighted by atomic mass is 9.97. The maximum absolute atomic E-state index is 12.3. The van der Waals surface area contributed by atoms with Gasteiger partial charge in [-0.3, -0.25) is 13.6 Å². The summed E-state index contributed by atoms with van der Waals surface area (Å²) in [5, 5.41) is 0. The molecule has 0 atom stereocenters. The second-order valence-corrected chi connectivity index (χ2v) is 7.39. The van der Waals surface area contributed by atoms with Gasteiger partial charge >= 0.3 is 7.82 Å². The largest absolute Gasteiger partial charge is 0.475 e. The van der Waals surface area contributed by atoms with Crippen molar-refractivity contribution in [1.82, 2.24) is 0 Å². The molecule has 0 N–H and O–H groups in total. The molecule has 0 amide bonds. The van der Waals surface area contributed by atoms with Gasteiger partial charge in [0.25, 0.3) is 0 Å². The summed E-state index contributed by atoms with van der Waals surface area (Å²) in [4.78, 5) is 0. The Labute approximate surface area is 111 Å². The molecule has 108 valence electrons. The summed E-state index contributed by atoms with van der Waals surface area (Å²) in [7, 11) is -3.46. The van der Waals surface area contributed by atoms with Crippen molar-refractivity contribution in [3.63, 3.8) is 0 Å². The second-order valence-electron chi connectivity index (χ2n) is 5.82. The van der Waals surface area contributed by atoms with E-state index in [9.17, 15) is 4.57 Å². The van der Waals surface area contributed by atoms with Crippen LogP contribution in [0.3, 0.4) is 0 Å². The van der Waals surface area contributed by atoms with E-state index in [1.807, 2.05) is 12.2 Å². The number of phosphoric ester groups is 1. The van der Waals surface area contributed by atoms with Gasteiger partial charge in [0.05, 0.1) is 18.8 Å². The average Bonchev–Trinajstić information content (AvgIpc) is 2.08. The van der Waals surface area contributed by atoms with Crippen LogP contribution in [0.1, 0.15) is 48.5 Å². The van der Waals surface area contributed by atoms with E-state index in [-0.39, 0.29) is 24.2 Å². The van der Waals surface area contributed by atoms with Crippen LogP contribution in [-0.2, 0) is 18.1 Å². The molecule has 0 aliphatic carbocycles. The Bertz CT molecular complexity index is 289. The van der Waals surface area contributed by atoms with E-state index >= 15 is 0 Å². The number of phosphoric acid groups is 1. The van der Waals surface area contributed by atoms with Crippen molar-refractivity contribution >= 4 is 7.82 Å². The highest BCUT2D eigenvalue weighted by Gasteiger charge is 2.29. The minimum Gasteiger partial charge on any atom is -0.284 e. The van der Waals surface area contributed by atoms with E-state index in [4.69, 9.17) is 13.6 Å². The Balaban J connectivity index is 4.43. The van der Waals surface area contributed by atoms with Gasteiger partial charge in [-0.25, -0.2) is 4.57 Å². The molecule has 18 heavy (non-hydrogen) atoms. The summed E-state index contributed by atoms with van der Waals surface area (Å²) in [6, 6.07) is 0. The maximum Gasteiger partial charge on any atom is 0.475 e. The quantitative estimate of drug-likeness (QED) is 0.505. The summed E-state index contributed by atoms with van der Waals surface area (Å²) in [5.74, 6) is 0. The lowest BCUT2D eigenvalue weighted by Gasteiger charge is -2.21. The van der Waals surface area contributed by atoms with Gasteiger partial charge < -0.3 is 0 Å². The summed E-state index contributed by atoms with van der Waals surface area (Å²) < 4.78 is 28.0. The number of allylic oxidation sites excluding steroid dienone is 1. The molecule has 4 nitrogen and oxygen atoms in total. The van der Waals surface area contributed by atoms with Crippen molar-refractivity contribution in [2.45, 2.75) is 60.7 Å². The molecule has 0 spiro atoms. The fourth-order valence-corrected chi connectivity index (χ4v) is 2.61. The van der Waals surface area contributed by atoms with Crippen molar-refractivity contribution < 1.29 is 18.1 Å². The predicted molar refractivity (Wildman–Crippen MR) is 74.6 cm³/mol. The zero-order valence-electron chi connectivity index (χ0n) is 12.6. The molecule has 0 aliphatic heterocycles. The molecule has 5 heteroatoms. The van der Waals surface area contributed by atoms with Gasteiger partial charge in [0.1, 0.15) is 0 Å². The molecule has 0 bridgehead atoms. The monoisotopic (exact) mass is 278 g/mol. The van der Waals surface area contributed by atoms with E-state index in [2.05, 4.69) is 20.8 Å². The minimum absolute atomic E-state index is 0.0746. The second kappa shape index (κ2) is 7.44. The van der Waals surface area contributed by atoms with Crippen LogP contribution in [0.5, 0.6) is 0 Å². The molecule has 0 aliphatic rings. The highest BCUT2D eigenvalue weighted by Crippen LogP contribution is 2.51. The molecule has 0 heterocycles. The number of hydrogen-bond donors (Lipinski definition) is 0. The first kappa shape index (κ1) is 17.8. The van der Waals surface area contributed by atoms with Crippen molar-refractivity contribution in [2.24, 2.45) is 5.41 Å². The van der Waals surface area contributed by atoms with Crippen LogP contribution < -0.4 is 0 Å². The Morgan fingerprint density at radius 1 is 1.06 bits per heavy atom. The fraction of sp³-hybridized carbons (Fsp3) is 0.846. The van der Waals surface area contributed by atoms with Crippen molar-refractivity contribution in [2.75, 3.05) is 6.61 Å². The van der Waals surface area contributed by atoms with Crippen LogP contribution in [0.4, 0.5) is 0 Å². The lowest BCUT2D eigenvalue weighted by Crippen LogP contribution is -2.10.